The quantitative estimate of drug-likeness (QED) is 0.727. The van der Waals surface area contributed by atoms with Crippen LogP contribution in [0.25, 0.3) is 11.3 Å². The maximum atomic E-state index is 12.4. The molecule has 1 nitrogen and oxygen atoms in total. The van der Waals surface area contributed by atoms with E-state index in [1.807, 2.05) is 19.9 Å². The first kappa shape index (κ1) is 12.7. The lowest BCUT2D eigenvalue weighted by molar-refractivity contribution is -0.137. The van der Waals surface area contributed by atoms with Gasteiger partial charge in [-0.15, -0.1) is 0 Å². The summed E-state index contributed by atoms with van der Waals surface area (Å²) in [6.45, 7) is 3.99. The van der Waals surface area contributed by atoms with Crippen molar-refractivity contribution >= 4 is 0 Å². The Morgan fingerprint density at radius 3 is 2.00 bits per heavy atom. The van der Waals surface area contributed by atoms with Crippen molar-refractivity contribution in [1.82, 2.24) is 0 Å². The van der Waals surface area contributed by atoms with Gasteiger partial charge in [0.05, 0.1) is 5.56 Å². The maximum absolute atomic E-state index is 12.4. The fraction of sp³-hybridized carbons (Fsp3) is 0.286. The molecule has 0 unspecified atom stereocenters. The molecule has 0 atom stereocenters. The van der Waals surface area contributed by atoms with Crippen molar-refractivity contribution in [2.45, 2.75) is 25.9 Å². The first-order valence-corrected chi connectivity index (χ1v) is 5.65. The van der Waals surface area contributed by atoms with Gasteiger partial charge in [0.2, 0.25) is 0 Å². The molecule has 0 aliphatic heterocycles. The third kappa shape index (κ3) is 2.58. The molecular weight excluding hydrogens is 241 g/mol. The van der Waals surface area contributed by atoms with Crippen molar-refractivity contribution in [1.29, 1.82) is 0 Å². The van der Waals surface area contributed by atoms with Crippen molar-refractivity contribution in [3.05, 3.63) is 47.7 Å². The van der Waals surface area contributed by atoms with Crippen LogP contribution in [0.4, 0.5) is 13.2 Å². The summed E-state index contributed by atoms with van der Waals surface area (Å²) < 4.78 is 42.8. The summed E-state index contributed by atoms with van der Waals surface area (Å²) >= 11 is 0. The predicted molar refractivity (Wildman–Crippen MR) is 63.2 cm³/mol. The van der Waals surface area contributed by atoms with Crippen LogP contribution in [-0.2, 0) is 6.18 Å². The van der Waals surface area contributed by atoms with Crippen LogP contribution in [0.15, 0.2) is 40.8 Å². The molecule has 1 aromatic carbocycles. The molecule has 0 N–H and O–H groups in total. The van der Waals surface area contributed by atoms with Gasteiger partial charge >= 0.3 is 6.18 Å². The lowest BCUT2D eigenvalue weighted by Gasteiger charge is -2.06. The van der Waals surface area contributed by atoms with E-state index in [0.717, 1.165) is 17.9 Å². The second-order valence-corrected chi connectivity index (χ2v) is 4.43. The Balaban J connectivity index is 2.29. The summed E-state index contributed by atoms with van der Waals surface area (Å²) in [4.78, 5) is 0. The molecule has 0 fully saturated rings. The molecule has 18 heavy (non-hydrogen) atoms. The molecule has 2 aromatic rings. The summed E-state index contributed by atoms with van der Waals surface area (Å²) in [5.74, 6) is 1.67. The summed E-state index contributed by atoms with van der Waals surface area (Å²) in [6.07, 6.45) is -4.30. The monoisotopic (exact) mass is 254 g/mol. The SMILES string of the molecule is CC(C)c1ccc(-c2ccc(C(F)(F)F)cc2)o1. The van der Waals surface area contributed by atoms with Crippen LogP contribution in [-0.4, -0.2) is 0 Å². The second-order valence-electron chi connectivity index (χ2n) is 4.43. The molecule has 0 spiro atoms. The van der Waals surface area contributed by atoms with E-state index in [4.69, 9.17) is 4.42 Å². The zero-order valence-electron chi connectivity index (χ0n) is 10.1. The van der Waals surface area contributed by atoms with Crippen LogP contribution >= 0.6 is 0 Å². The molecule has 0 aliphatic carbocycles. The van der Waals surface area contributed by atoms with Crippen molar-refractivity contribution in [3.63, 3.8) is 0 Å². The summed E-state index contributed by atoms with van der Waals surface area (Å²) in [5, 5.41) is 0. The highest BCUT2D eigenvalue weighted by Crippen LogP contribution is 2.32. The van der Waals surface area contributed by atoms with Gasteiger partial charge in [0.15, 0.2) is 0 Å². The molecule has 0 saturated carbocycles. The number of halogens is 3. The lowest BCUT2D eigenvalue weighted by atomic mass is 10.1. The highest BCUT2D eigenvalue weighted by atomic mass is 19.4. The molecular formula is C14H13F3O. The zero-order valence-corrected chi connectivity index (χ0v) is 10.1. The minimum absolute atomic E-state index is 0.258. The van der Waals surface area contributed by atoms with Crippen LogP contribution in [0.1, 0.15) is 31.1 Å². The minimum Gasteiger partial charge on any atom is -0.461 e. The minimum atomic E-state index is -4.30. The van der Waals surface area contributed by atoms with E-state index < -0.39 is 11.7 Å². The summed E-state index contributed by atoms with van der Waals surface area (Å²) in [5.41, 5.74) is -0.00297. The highest BCUT2D eigenvalue weighted by Gasteiger charge is 2.30. The van der Waals surface area contributed by atoms with Gasteiger partial charge in [-0.1, -0.05) is 26.0 Å². The number of furan rings is 1. The first-order chi connectivity index (χ1) is 8.38. The average molecular weight is 254 g/mol. The van der Waals surface area contributed by atoms with Crippen LogP contribution < -0.4 is 0 Å². The van der Waals surface area contributed by atoms with Crippen LogP contribution in [0, 0.1) is 0 Å². The second kappa shape index (κ2) is 4.52. The largest absolute Gasteiger partial charge is 0.461 e. The fourth-order valence-corrected chi connectivity index (χ4v) is 1.64. The Kier molecular flexibility index (Phi) is 3.20. The van der Waals surface area contributed by atoms with E-state index in [1.54, 1.807) is 6.07 Å². The molecule has 0 bridgehead atoms. The van der Waals surface area contributed by atoms with Gasteiger partial charge in [-0.05, 0) is 24.3 Å². The summed E-state index contributed by atoms with van der Waals surface area (Å²) in [6, 6.07) is 8.59. The number of hydrogen-bond acceptors (Lipinski definition) is 1. The highest BCUT2D eigenvalue weighted by molar-refractivity contribution is 5.58. The van der Waals surface area contributed by atoms with E-state index in [0.29, 0.717) is 11.3 Å². The molecule has 2 rings (SSSR count). The Hall–Kier alpha value is -1.71. The van der Waals surface area contributed by atoms with Gasteiger partial charge in [0.25, 0.3) is 0 Å². The van der Waals surface area contributed by atoms with E-state index in [1.165, 1.54) is 12.1 Å². The lowest BCUT2D eigenvalue weighted by Crippen LogP contribution is -2.03. The average Bonchev–Trinajstić information content (AvgIpc) is 2.77. The van der Waals surface area contributed by atoms with Gasteiger partial charge in [-0.2, -0.15) is 13.2 Å². The third-order valence-corrected chi connectivity index (χ3v) is 2.69. The van der Waals surface area contributed by atoms with E-state index >= 15 is 0 Å². The number of hydrogen-bond donors (Lipinski definition) is 0. The van der Waals surface area contributed by atoms with Crippen molar-refractivity contribution in [2.24, 2.45) is 0 Å². The predicted octanol–water partition coefficient (Wildman–Crippen LogP) is 5.09. The molecule has 1 aromatic heterocycles. The standard InChI is InChI=1S/C14H13F3O/c1-9(2)12-7-8-13(18-12)10-3-5-11(6-4-10)14(15,16)17/h3-9H,1-2H3. The number of alkyl halides is 3. The Bertz CT molecular complexity index is 521. The van der Waals surface area contributed by atoms with Gasteiger partial charge < -0.3 is 4.42 Å². The molecule has 1 heterocycles. The third-order valence-electron chi connectivity index (χ3n) is 2.69. The van der Waals surface area contributed by atoms with Gasteiger partial charge in [-0.25, -0.2) is 0 Å². The van der Waals surface area contributed by atoms with Crippen LogP contribution in [0.3, 0.4) is 0 Å². The molecule has 0 amide bonds. The molecule has 0 radical (unpaired) electrons. The first-order valence-electron chi connectivity index (χ1n) is 5.65. The number of rotatable bonds is 2. The Morgan fingerprint density at radius 1 is 0.944 bits per heavy atom. The molecule has 4 heteroatoms. The maximum Gasteiger partial charge on any atom is 0.416 e. The molecule has 0 aliphatic rings. The smallest absolute Gasteiger partial charge is 0.416 e. The zero-order chi connectivity index (χ0) is 13.3. The van der Waals surface area contributed by atoms with E-state index in [9.17, 15) is 13.2 Å². The van der Waals surface area contributed by atoms with Gasteiger partial charge in [0, 0.05) is 11.5 Å². The summed E-state index contributed by atoms with van der Waals surface area (Å²) in [7, 11) is 0. The van der Waals surface area contributed by atoms with Crippen LogP contribution in [0.5, 0.6) is 0 Å². The normalized spacial score (nSPS) is 12.1. The van der Waals surface area contributed by atoms with E-state index in [2.05, 4.69) is 0 Å². The topological polar surface area (TPSA) is 13.1 Å². The van der Waals surface area contributed by atoms with E-state index in [-0.39, 0.29) is 5.92 Å². The molecule has 96 valence electrons. The Labute approximate surface area is 103 Å². The van der Waals surface area contributed by atoms with Crippen molar-refractivity contribution in [2.75, 3.05) is 0 Å². The van der Waals surface area contributed by atoms with Crippen molar-refractivity contribution < 1.29 is 17.6 Å². The van der Waals surface area contributed by atoms with Gasteiger partial charge in [-0.3, -0.25) is 0 Å². The number of benzene rings is 1. The molecule has 0 saturated heterocycles. The van der Waals surface area contributed by atoms with Crippen molar-refractivity contribution in [3.8, 4) is 11.3 Å². The fourth-order valence-electron chi connectivity index (χ4n) is 1.64. The van der Waals surface area contributed by atoms with Crippen LogP contribution in [0.2, 0.25) is 0 Å². The Morgan fingerprint density at radius 2 is 1.56 bits per heavy atom. The van der Waals surface area contributed by atoms with Gasteiger partial charge in [0.1, 0.15) is 11.5 Å².